The van der Waals surface area contributed by atoms with Crippen molar-refractivity contribution in [1.82, 2.24) is 5.32 Å². The molecule has 1 saturated heterocycles. The number of anilines is 1. The Kier molecular flexibility index (Phi) is 4.15. The first-order valence-electron chi connectivity index (χ1n) is 6.14. The van der Waals surface area contributed by atoms with Gasteiger partial charge in [-0.15, -0.1) is 0 Å². The number of carboxylic acids is 1. The van der Waals surface area contributed by atoms with Crippen LogP contribution in [-0.2, 0) is 0 Å². The highest BCUT2D eigenvalue weighted by molar-refractivity contribution is 5.89. The molecule has 0 radical (unpaired) electrons. The summed E-state index contributed by atoms with van der Waals surface area (Å²) in [4.78, 5) is 10.8. The molecule has 5 heteroatoms. The zero-order chi connectivity index (χ0) is 13.0. The SMILES string of the molecule is O=C(O)c1cc(NCC2CCNCC2)ccc1F. The van der Waals surface area contributed by atoms with E-state index in [-0.39, 0.29) is 5.56 Å². The summed E-state index contributed by atoms with van der Waals surface area (Å²) in [6.45, 7) is 2.85. The maximum atomic E-state index is 13.2. The van der Waals surface area contributed by atoms with E-state index >= 15 is 0 Å². The Morgan fingerprint density at radius 1 is 1.44 bits per heavy atom. The topological polar surface area (TPSA) is 61.4 Å². The predicted molar refractivity (Wildman–Crippen MR) is 67.4 cm³/mol. The number of hydrogen-bond acceptors (Lipinski definition) is 3. The Hall–Kier alpha value is -1.62. The van der Waals surface area contributed by atoms with Gasteiger partial charge in [0.25, 0.3) is 0 Å². The van der Waals surface area contributed by atoms with E-state index in [0.29, 0.717) is 11.6 Å². The van der Waals surface area contributed by atoms with Gasteiger partial charge in [-0.2, -0.15) is 0 Å². The summed E-state index contributed by atoms with van der Waals surface area (Å²) in [6, 6.07) is 4.11. The lowest BCUT2D eigenvalue weighted by Crippen LogP contribution is -2.31. The molecule has 2 rings (SSSR count). The molecule has 0 aromatic heterocycles. The van der Waals surface area contributed by atoms with Gasteiger partial charge in [-0.25, -0.2) is 9.18 Å². The highest BCUT2D eigenvalue weighted by atomic mass is 19.1. The molecule has 0 bridgehead atoms. The van der Waals surface area contributed by atoms with Crippen molar-refractivity contribution in [3.8, 4) is 0 Å². The van der Waals surface area contributed by atoms with Crippen LogP contribution in [0.4, 0.5) is 10.1 Å². The van der Waals surface area contributed by atoms with Crippen molar-refractivity contribution in [3.63, 3.8) is 0 Å². The molecule has 4 nitrogen and oxygen atoms in total. The van der Waals surface area contributed by atoms with Gasteiger partial charge >= 0.3 is 5.97 Å². The van der Waals surface area contributed by atoms with Gasteiger partial charge in [-0.1, -0.05) is 0 Å². The third-order valence-electron chi connectivity index (χ3n) is 3.25. The van der Waals surface area contributed by atoms with E-state index in [0.717, 1.165) is 32.5 Å². The van der Waals surface area contributed by atoms with Crippen molar-refractivity contribution >= 4 is 11.7 Å². The van der Waals surface area contributed by atoms with Gasteiger partial charge in [0.05, 0.1) is 5.56 Å². The minimum atomic E-state index is -1.24. The average molecular weight is 252 g/mol. The van der Waals surface area contributed by atoms with Crippen LogP contribution >= 0.6 is 0 Å². The van der Waals surface area contributed by atoms with E-state index in [1.165, 1.54) is 12.1 Å². The van der Waals surface area contributed by atoms with Gasteiger partial charge in [0.15, 0.2) is 0 Å². The number of rotatable bonds is 4. The minimum Gasteiger partial charge on any atom is -0.478 e. The second-order valence-corrected chi connectivity index (χ2v) is 4.57. The average Bonchev–Trinajstić information content (AvgIpc) is 2.38. The number of aromatic carboxylic acids is 1. The number of carbonyl (C=O) groups is 1. The van der Waals surface area contributed by atoms with Crippen LogP contribution in [0.15, 0.2) is 18.2 Å². The monoisotopic (exact) mass is 252 g/mol. The molecule has 18 heavy (non-hydrogen) atoms. The van der Waals surface area contributed by atoms with Crippen molar-refractivity contribution in [1.29, 1.82) is 0 Å². The van der Waals surface area contributed by atoms with E-state index in [4.69, 9.17) is 5.11 Å². The minimum absolute atomic E-state index is 0.287. The summed E-state index contributed by atoms with van der Waals surface area (Å²) >= 11 is 0. The summed E-state index contributed by atoms with van der Waals surface area (Å²) in [6.07, 6.45) is 2.22. The quantitative estimate of drug-likeness (QED) is 0.766. The smallest absolute Gasteiger partial charge is 0.338 e. The lowest BCUT2D eigenvalue weighted by atomic mass is 9.98. The third kappa shape index (κ3) is 3.20. The molecule has 1 aliphatic rings. The fourth-order valence-electron chi connectivity index (χ4n) is 2.15. The molecule has 0 atom stereocenters. The van der Waals surface area contributed by atoms with E-state index < -0.39 is 11.8 Å². The molecule has 3 N–H and O–H groups in total. The number of piperidine rings is 1. The predicted octanol–water partition coefficient (Wildman–Crippen LogP) is 1.94. The van der Waals surface area contributed by atoms with E-state index in [2.05, 4.69) is 10.6 Å². The zero-order valence-corrected chi connectivity index (χ0v) is 10.1. The van der Waals surface area contributed by atoms with Gasteiger partial charge in [0, 0.05) is 12.2 Å². The maximum Gasteiger partial charge on any atom is 0.338 e. The van der Waals surface area contributed by atoms with Gasteiger partial charge in [-0.05, 0) is 50.0 Å². The molecule has 0 aliphatic carbocycles. The van der Waals surface area contributed by atoms with Crippen LogP contribution < -0.4 is 10.6 Å². The number of halogens is 1. The molecule has 1 aromatic rings. The summed E-state index contributed by atoms with van der Waals surface area (Å²) in [5, 5.41) is 15.3. The number of hydrogen-bond donors (Lipinski definition) is 3. The largest absolute Gasteiger partial charge is 0.478 e. The zero-order valence-electron chi connectivity index (χ0n) is 10.1. The number of carboxylic acid groups (broad SMARTS) is 1. The highest BCUT2D eigenvalue weighted by Gasteiger charge is 2.14. The van der Waals surface area contributed by atoms with Crippen molar-refractivity contribution < 1.29 is 14.3 Å². The van der Waals surface area contributed by atoms with Crippen LogP contribution in [0.25, 0.3) is 0 Å². The Balaban J connectivity index is 1.96. The molecule has 0 unspecified atom stereocenters. The normalized spacial score (nSPS) is 16.5. The highest BCUT2D eigenvalue weighted by Crippen LogP contribution is 2.17. The van der Waals surface area contributed by atoms with Crippen LogP contribution in [-0.4, -0.2) is 30.7 Å². The molecular weight excluding hydrogens is 235 g/mol. The third-order valence-corrected chi connectivity index (χ3v) is 3.25. The second kappa shape index (κ2) is 5.82. The summed E-state index contributed by atoms with van der Waals surface area (Å²) < 4.78 is 13.2. The molecule has 0 saturated carbocycles. The molecule has 1 aliphatic heterocycles. The van der Waals surface area contributed by atoms with Crippen LogP contribution in [0.5, 0.6) is 0 Å². The molecule has 1 aromatic carbocycles. The van der Waals surface area contributed by atoms with Crippen molar-refractivity contribution in [2.75, 3.05) is 25.0 Å². The Morgan fingerprint density at radius 3 is 2.83 bits per heavy atom. The molecule has 1 fully saturated rings. The summed E-state index contributed by atoms with van der Waals surface area (Å²) in [5.41, 5.74) is 0.373. The second-order valence-electron chi connectivity index (χ2n) is 4.57. The Bertz CT molecular complexity index is 431. The van der Waals surface area contributed by atoms with Gasteiger partial charge < -0.3 is 15.7 Å². The summed E-state index contributed by atoms with van der Waals surface area (Å²) in [7, 11) is 0. The van der Waals surface area contributed by atoms with Gasteiger partial charge in [-0.3, -0.25) is 0 Å². The molecule has 0 amide bonds. The van der Waals surface area contributed by atoms with E-state index in [9.17, 15) is 9.18 Å². The lowest BCUT2D eigenvalue weighted by Gasteiger charge is -2.23. The Morgan fingerprint density at radius 2 is 2.17 bits per heavy atom. The number of benzene rings is 1. The van der Waals surface area contributed by atoms with Crippen LogP contribution in [0, 0.1) is 11.7 Å². The van der Waals surface area contributed by atoms with Crippen molar-refractivity contribution in [3.05, 3.63) is 29.6 Å². The standard InChI is InChI=1S/C13H17FN2O2/c14-12-2-1-10(7-11(12)13(17)18)16-8-9-3-5-15-6-4-9/h1-2,7,9,15-16H,3-6,8H2,(H,17,18). The van der Waals surface area contributed by atoms with Gasteiger partial charge in [0.2, 0.25) is 0 Å². The van der Waals surface area contributed by atoms with E-state index in [1.807, 2.05) is 0 Å². The number of nitrogens with one attached hydrogen (secondary N) is 2. The van der Waals surface area contributed by atoms with Crippen molar-refractivity contribution in [2.24, 2.45) is 5.92 Å². The van der Waals surface area contributed by atoms with Crippen LogP contribution in [0.1, 0.15) is 23.2 Å². The van der Waals surface area contributed by atoms with Gasteiger partial charge in [0.1, 0.15) is 5.82 Å². The molecule has 1 heterocycles. The molecule has 98 valence electrons. The molecule has 0 spiro atoms. The molecular formula is C13H17FN2O2. The van der Waals surface area contributed by atoms with Crippen LogP contribution in [0.3, 0.4) is 0 Å². The fraction of sp³-hybridized carbons (Fsp3) is 0.462. The van der Waals surface area contributed by atoms with Crippen LogP contribution in [0.2, 0.25) is 0 Å². The Labute approximate surface area is 105 Å². The maximum absolute atomic E-state index is 13.2. The first-order valence-corrected chi connectivity index (χ1v) is 6.14. The fourth-order valence-corrected chi connectivity index (χ4v) is 2.15. The summed E-state index contributed by atoms with van der Waals surface area (Å²) in [5.74, 6) is -1.35. The first kappa shape index (κ1) is 12.8. The lowest BCUT2D eigenvalue weighted by molar-refractivity contribution is 0.0692. The van der Waals surface area contributed by atoms with Crippen molar-refractivity contribution in [2.45, 2.75) is 12.8 Å². The first-order chi connectivity index (χ1) is 8.66. The van der Waals surface area contributed by atoms with E-state index in [1.54, 1.807) is 6.07 Å².